The Balaban J connectivity index is 2.28. The maximum absolute atomic E-state index is 14.2. The Hall–Kier alpha value is -3.70. The molecule has 6 amide bonds. The molecule has 0 bridgehead atoms. The largest absolute Gasteiger partial charge is 0.394 e. The Bertz CT molecular complexity index is 2230. The molecule has 0 aromatic heterocycles. The van der Waals surface area contributed by atoms with Crippen LogP contribution in [0.5, 0.6) is 0 Å². The van der Waals surface area contributed by atoms with Crippen molar-refractivity contribution in [3.8, 4) is 0 Å². The van der Waals surface area contributed by atoms with Crippen molar-refractivity contribution in [3.05, 3.63) is 0 Å². The van der Waals surface area contributed by atoms with E-state index in [1.54, 1.807) is 0 Å². The second-order valence-corrected chi connectivity index (χ2v) is 33.2. The summed E-state index contributed by atoms with van der Waals surface area (Å²) in [6.07, 6.45) is -7.57. The zero-order chi connectivity index (χ0) is 71.0. The number of aliphatic hydroxyl groups excluding tert-OH is 6. The summed E-state index contributed by atoms with van der Waals surface area (Å²) in [7, 11) is 1.51. The van der Waals surface area contributed by atoms with E-state index < -0.39 is 141 Å². The normalized spacial score (nSPS) is 23.9. The Labute approximate surface area is 550 Å². The number of carbonyl (C=O) groups is 6. The number of methoxy groups -OCH3 is 1. The molecule has 92 heavy (non-hydrogen) atoms. The zero-order valence-corrected chi connectivity index (χ0v) is 60.4. The number of hydrogen-bond acceptors (Lipinski definition) is 19. The third-order valence-corrected chi connectivity index (χ3v) is 16.6. The smallest absolute Gasteiger partial charge is 0.225 e. The van der Waals surface area contributed by atoms with Gasteiger partial charge in [0.05, 0.1) is 57.5 Å². The molecule has 25 heteroatoms. The van der Waals surface area contributed by atoms with Crippen molar-refractivity contribution in [2.75, 3.05) is 66.4 Å². The second kappa shape index (κ2) is 34.5. The number of hydrogen-bond donors (Lipinski definition) is 12. The first-order chi connectivity index (χ1) is 41.8. The second-order valence-electron chi connectivity index (χ2n) is 33.2. The van der Waals surface area contributed by atoms with Crippen LogP contribution in [0.2, 0.25) is 0 Å². The fraction of sp³-hybridized carbons (Fsp3) is 0.910. The van der Waals surface area contributed by atoms with Crippen molar-refractivity contribution >= 4 is 35.4 Å². The predicted molar refractivity (Wildman–Crippen MR) is 348 cm³/mol. The monoisotopic (exact) mass is 1320 g/mol. The zero-order valence-electron chi connectivity index (χ0n) is 60.4. The van der Waals surface area contributed by atoms with Gasteiger partial charge in [-0.05, 0) is 108 Å². The van der Waals surface area contributed by atoms with E-state index in [1.165, 1.54) is 21.0 Å². The summed E-state index contributed by atoms with van der Waals surface area (Å²) >= 11 is 0. The molecule has 0 spiro atoms. The molecule has 0 aliphatic carbocycles. The minimum Gasteiger partial charge on any atom is -0.394 e. The molecule has 25 nitrogen and oxygen atoms in total. The average molecular weight is 1320 g/mol. The summed E-state index contributed by atoms with van der Waals surface area (Å²) in [5.74, 6) is -1.51. The van der Waals surface area contributed by atoms with Gasteiger partial charge in [0, 0.05) is 63.3 Å². The van der Waals surface area contributed by atoms with E-state index in [4.69, 9.17) is 33.2 Å². The van der Waals surface area contributed by atoms with Crippen LogP contribution in [-0.4, -0.2) is 216 Å². The first-order valence-electron chi connectivity index (χ1n) is 32.8. The van der Waals surface area contributed by atoms with Gasteiger partial charge in [-0.2, -0.15) is 0 Å². The van der Waals surface area contributed by atoms with E-state index in [-0.39, 0.29) is 88.8 Å². The van der Waals surface area contributed by atoms with Gasteiger partial charge in [0.1, 0.15) is 54.2 Å². The van der Waals surface area contributed by atoms with Crippen molar-refractivity contribution < 1.29 is 92.6 Å². The van der Waals surface area contributed by atoms with Gasteiger partial charge in [0.15, 0.2) is 12.6 Å². The van der Waals surface area contributed by atoms with Crippen LogP contribution in [0, 0.1) is 38.4 Å². The summed E-state index contributed by atoms with van der Waals surface area (Å²) in [6.45, 7) is 40.9. The minimum absolute atomic E-state index is 0.0141. The molecule has 2 aliphatic rings. The summed E-state index contributed by atoms with van der Waals surface area (Å²) < 4.78 is 43.2. The van der Waals surface area contributed by atoms with Crippen LogP contribution in [-0.2, 0) is 61.9 Å². The molecule has 0 radical (unpaired) electrons. The number of carbonyl (C=O) groups excluding carboxylic acids is 6. The standard InChI is InChI=1S/C67H126N6O19/c1-41(2)27-64(17,18)72-46(78)25-24-26-47(79)73-67(38-86-23,39-89-65(19,20)32-62(13,14)56(84)68-34-58(5,6)30-60(9,10)36-87-54-48(70-42(3)76)52(82)50(80)44(28-74)91-54)40-90-66(21,22)33-63(15,16)57(85)69-35-59(7,8)31-61(11,12)37-88-55-49(71-43(4)77)53(83)51(81)45(29-75)92-55/h41,44-45,48-55,74-75,80-83H,24-40H2,1-23H3,(H,68,84)(H,69,85)(H,70,76)(H,71,77)(H,72,78)(H,73,79). The van der Waals surface area contributed by atoms with Crippen LogP contribution in [0.15, 0.2) is 0 Å². The first kappa shape index (κ1) is 84.4. The molecule has 2 rings (SSSR count). The lowest BCUT2D eigenvalue weighted by atomic mass is 9.75. The lowest BCUT2D eigenvalue weighted by molar-refractivity contribution is -0.276. The van der Waals surface area contributed by atoms with Crippen LogP contribution < -0.4 is 31.9 Å². The molecule has 10 unspecified atom stereocenters. The Kier molecular flexibility index (Phi) is 31.6. The maximum Gasteiger partial charge on any atom is 0.225 e. The third-order valence-electron chi connectivity index (χ3n) is 16.6. The summed E-state index contributed by atoms with van der Waals surface area (Å²) in [5.41, 5.74) is -7.59. The third kappa shape index (κ3) is 28.9. The molecule has 0 aromatic carbocycles. The van der Waals surface area contributed by atoms with Crippen molar-refractivity contribution in [2.24, 2.45) is 38.4 Å². The van der Waals surface area contributed by atoms with E-state index in [2.05, 4.69) is 45.7 Å². The van der Waals surface area contributed by atoms with Gasteiger partial charge < -0.3 is 95.7 Å². The summed E-state index contributed by atoms with van der Waals surface area (Å²) in [5, 5.41) is 79.8. The molecule has 12 N–H and O–H groups in total. The van der Waals surface area contributed by atoms with E-state index in [0.29, 0.717) is 31.8 Å². The molecule has 2 aliphatic heterocycles. The summed E-state index contributed by atoms with van der Waals surface area (Å²) in [4.78, 5) is 79.6. The lowest BCUT2D eigenvalue weighted by Crippen LogP contribution is -2.64. The number of amides is 6. The van der Waals surface area contributed by atoms with Gasteiger partial charge in [0.2, 0.25) is 35.4 Å². The Morgan fingerprint density at radius 1 is 0.489 bits per heavy atom. The van der Waals surface area contributed by atoms with E-state index >= 15 is 0 Å². The summed E-state index contributed by atoms with van der Waals surface area (Å²) in [6, 6.07) is -2.17. The van der Waals surface area contributed by atoms with Gasteiger partial charge >= 0.3 is 0 Å². The van der Waals surface area contributed by atoms with Crippen LogP contribution in [0.4, 0.5) is 0 Å². The van der Waals surface area contributed by atoms with Gasteiger partial charge in [0.25, 0.3) is 0 Å². The average Bonchev–Trinajstić information content (AvgIpc) is 0.837. The topological polar surface area (TPSA) is 361 Å². The highest BCUT2D eigenvalue weighted by molar-refractivity contribution is 5.82. The molecular weight excluding hydrogens is 1190 g/mol. The Morgan fingerprint density at radius 3 is 1.17 bits per heavy atom. The number of rotatable bonds is 40. The van der Waals surface area contributed by atoms with Gasteiger partial charge in [-0.3, -0.25) is 28.8 Å². The van der Waals surface area contributed by atoms with Crippen LogP contribution in [0.3, 0.4) is 0 Å². The fourth-order valence-electron chi connectivity index (χ4n) is 13.6. The van der Waals surface area contributed by atoms with Crippen molar-refractivity contribution in [1.29, 1.82) is 0 Å². The van der Waals surface area contributed by atoms with Crippen LogP contribution in [0.1, 0.15) is 204 Å². The predicted octanol–water partition coefficient (Wildman–Crippen LogP) is 4.06. The molecule has 2 heterocycles. The minimum atomic E-state index is -1.45. The lowest BCUT2D eigenvalue weighted by Gasteiger charge is -2.43. The van der Waals surface area contributed by atoms with Crippen molar-refractivity contribution in [2.45, 2.75) is 287 Å². The van der Waals surface area contributed by atoms with Crippen LogP contribution >= 0.6 is 0 Å². The molecule has 2 saturated heterocycles. The highest BCUT2D eigenvalue weighted by atomic mass is 16.7. The first-order valence-corrected chi connectivity index (χ1v) is 32.8. The number of ether oxygens (including phenoxy) is 7. The highest BCUT2D eigenvalue weighted by Crippen LogP contribution is 2.39. The van der Waals surface area contributed by atoms with E-state index in [9.17, 15) is 59.4 Å². The van der Waals surface area contributed by atoms with E-state index in [1.807, 2.05) is 125 Å². The fourth-order valence-corrected chi connectivity index (χ4v) is 13.6. The number of aliphatic hydroxyl groups is 6. The molecular formula is C67H126N6O19. The van der Waals surface area contributed by atoms with Gasteiger partial charge in [-0.25, -0.2) is 0 Å². The van der Waals surface area contributed by atoms with E-state index in [0.717, 1.165) is 6.42 Å². The SMILES string of the molecule is COCC(COC(C)(C)CC(C)(C)C(=O)NCC(C)(C)CC(C)(C)COC1OC(CO)C(O)C(O)C1NC(C)=O)(COC(C)(C)CC(C)(C)C(=O)NCC(C)(C)CC(C)(C)COC1OC(CO)C(O)C(O)C1NC(C)=O)NC(=O)CCCC(=O)NC(C)(C)CC(C)C. The van der Waals surface area contributed by atoms with Gasteiger partial charge in [-0.15, -0.1) is 0 Å². The van der Waals surface area contributed by atoms with Crippen molar-refractivity contribution in [1.82, 2.24) is 31.9 Å². The molecule has 0 saturated carbocycles. The van der Waals surface area contributed by atoms with Crippen LogP contribution in [0.25, 0.3) is 0 Å². The van der Waals surface area contributed by atoms with Gasteiger partial charge in [-0.1, -0.05) is 96.9 Å². The molecule has 0 aromatic rings. The number of nitrogens with one attached hydrogen (secondary N) is 6. The molecule has 538 valence electrons. The Morgan fingerprint density at radius 2 is 0.848 bits per heavy atom. The van der Waals surface area contributed by atoms with Crippen molar-refractivity contribution in [3.63, 3.8) is 0 Å². The highest BCUT2D eigenvalue weighted by Gasteiger charge is 2.49. The molecule has 10 atom stereocenters. The quantitative estimate of drug-likeness (QED) is 0.0411. The maximum atomic E-state index is 14.2. The molecule has 2 fully saturated rings.